The van der Waals surface area contributed by atoms with Crippen molar-refractivity contribution in [3.8, 4) is 0 Å². The minimum atomic E-state index is -1.46. The van der Waals surface area contributed by atoms with Crippen molar-refractivity contribution in [3.63, 3.8) is 0 Å². The fraction of sp³-hybridized carbons (Fsp3) is 0.278. The molecule has 1 aromatic carbocycles. The van der Waals surface area contributed by atoms with Crippen molar-refractivity contribution in [1.82, 2.24) is 9.47 Å². The molecule has 0 unspecified atom stereocenters. The zero-order chi connectivity index (χ0) is 19.6. The molecule has 3 rings (SSSR count). The number of nitrogens with zero attached hydrogens (tertiary/aromatic N) is 3. The molecule has 1 amide bonds. The van der Waals surface area contributed by atoms with E-state index in [9.17, 15) is 24.5 Å². The fourth-order valence-corrected chi connectivity index (χ4v) is 3.24. The van der Waals surface area contributed by atoms with Gasteiger partial charge in [0.1, 0.15) is 0 Å². The van der Waals surface area contributed by atoms with Crippen LogP contribution in [0.25, 0.3) is 0 Å². The Morgan fingerprint density at radius 1 is 1.15 bits per heavy atom. The molecule has 0 saturated carbocycles. The van der Waals surface area contributed by atoms with Gasteiger partial charge in [-0.2, -0.15) is 0 Å². The number of amides is 1. The number of ketones is 1. The molecule has 2 aromatic rings. The van der Waals surface area contributed by atoms with Gasteiger partial charge in [0.2, 0.25) is 0 Å². The Balaban J connectivity index is 2.08. The molecule has 1 aliphatic rings. The first-order valence-electron chi connectivity index (χ1n) is 8.33. The molecule has 8 nitrogen and oxygen atoms in total. The van der Waals surface area contributed by atoms with Gasteiger partial charge in [0.05, 0.1) is 9.95 Å². The zero-order valence-electron chi connectivity index (χ0n) is 14.2. The molecule has 1 aliphatic heterocycles. The lowest BCUT2D eigenvalue weighted by molar-refractivity contribution is -0.384. The Bertz CT molecular complexity index is 965. The average molecular weight is 390 g/mol. The van der Waals surface area contributed by atoms with Crippen LogP contribution in [-0.2, 0) is 4.79 Å². The molecule has 9 heteroatoms. The van der Waals surface area contributed by atoms with Crippen LogP contribution in [0.3, 0.4) is 0 Å². The second-order valence-corrected chi connectivity index (χ2v) is 6.64. The van der Waals surface area contributed by atoms with Gasteiger partial charge in [0.15, 0.2) is 11.8 Å². The van der Waals surface area contributed by atoms with E-state index >= 15 is 0 Å². The Hall–Kier alpha value is -3.00. The van der Waals surface area contributed by atoms with Crippen LogP contribution in [-0.4, -0.2) is 39.2 Å². The normalized spacial score (nSPS) is 14.8. The first-order valence-corrected chi connectivity index (χ1v) is 8.71. The molecule has 2 heterocycles. The van der Waals surface area contributed by atoms with Crippen LogP contribution in [0, 0.1) is 10.1 Å². The number of carbonyl (C=O) groups is 2. The highest BCUT2D eigenvalue weighted by atomic mass is 35.5. The molecule has 0 bridgehead atoms. The molecular formula is C18H16ClN3O5. The summed E-state index contributed by atoms with van der Waals surface area (Å²) in [7, 11) is 0. The highest BCUT2D eigenvalue weighted by molar-refractivity contribution is 6.30. The van der Waals surface area contributed by atoms with Crippen molar-refractivity contribution >= 4 is 29.0 Å². The number of aromatic nitrogens is 1. The van der Waals surface area contributed by atoms with Crippen LogP contribution in [0.15, 0.2) is 47.4 Å². The molecule has 0 spiro atoms. The Morgan fingerprint density at radius 3 is 2.52 bits per heavy atom. The number of carbonyl (C=O) groups excluding carboxylic acids is 2. The van der Waals surface area contributed by atoms with E-state index in [-0.39, 0.29) is 16.3 Å². The van der Waals surface area contributed by atoms with Gasteiger partial charge < -0.3 is 4.90 Å². The molecular weight excluding hydrogens is 374 g/mol. The number of hydrogen-bond donors (Lipinski definition) is 0. The number of rotatable bonds is 5. The lowest BCUT2D eigenvalue weighted by atomic mass is 10.0. The molecule has 0 N–H and O–H groups in total. The molecule has 1 saturated heterocycles. The highest BCUT2D eigenvalue weighted by Crippen LogP contribution is 2.23. The van der Waals surface area contributed by atoms with Gasteiger partial charge >= 0.3 is 0 Å². The van der Waals surface area contributed by atoms with Gasteiger partial charge in [-0.15, -0.1) is 0 Å². The van der Waals surface area contributed by atoms with E-state index in [2.05, 4.69) is 0 Å². The highest BCUT2D eigenvalue weighted by Gasteiger charge is 2.35. The van der Waals surface area contributed by atoms with Crippen LogP contribution < -0.4 is 5.56 Å². The molecule has 1 fully saturated rings. The topological polar surface area (TPSA) is 103 Å². The summed E-state index contributed by atoms with van der Waals surface area (Å²) >= 11 is 5.96. The van der Waals surface area contributed by atoms with Crippen molar-refractivity contribution in [1.29, 1.82) is 0 Å². The number of halogens is 1. The third kappa shape index (κ3) is 3.90. The zero-order valence-corrected chi connectivity index (χ0v) is 15.0. The predicted molar refractivity (Wildman–Crippen MR) is 98.0 cm³/mol. The summed E-state index contributed by atoms with van der Waals surface area (Å²) in [5.74, 6) is -1.21. The molecule has 140 valence electrons. The van der Waals surface area contributed by atoms with Gasteiger partial charge in [0, 0.05) is 43.0 Å². The number of non-ortho nitro benzene ring substituents is 1. The summed E-state index contributed by atoms with van der Waals surface area (Å²) in [6, 6.07) is 6.18. The van der Waals surface area contributed by atoms with Crippen LogP contribution >= 0.6 is 11.6 Å². The maximum Gasteiger partial charge on any atom is 0.270 e. The average Bonchev–Trinajstić information content (AvgIpc) is 3.19. The summed E-state index contributed by atoms with van der Waals surface area (Å²) in [6.07, 6.45) is 2.86. The number of Topliss-reactive ketones (excluding diaryl/α,β-unsaturated/α-hetero) is 1. The summed E-state index contributed by atoms with van der Waals surface area (Å²) in [5, 5.41) is 11.2. The Labute approximate surface area is 159 Å². The third-order valence-electron chi connectivity index (χ3n) is 4.42. The summed E-state index contributed by atoms with van der Waals surface area (Å²) in [4.78, 5) is 50.3. The van der Waals surface area contributed by atoms with E-state index in [1.807, 2.05) is 0 Å². The van der Waals surface area contributed by atoms with Crippen LogP contribution in [0.1, 0.15) is 29.2 Å². The maximum atomic E-state index is 13.1. The minimum Gasteiger partial charge on any atom is -0.340 e. The van der Waals surface area contributed by atoms with Crippen LogP contribution in [0.5, 0.6) is 0 Å². The molecule has 27 heavy (non-hydrogen) atoms. The lowest BCUT2D eigenvalue weighted by Gasteiger charge is -2.24. The molecule has 1 aromatic heterocycles. The first-order chi connectivity index (χ1) is 12.9. The number of nitro benzene ring substituents is 1. The van der Waals surface area contributed by atoms with Gasteiger partial charge in [-0.25, -0.2) is 0 Å². The SMILES string of the molecule is O=C(c1cccc([N+](=O)[O-])c1)[C@@H](C(=O)N1CCCC1)n1cc(Cl)ccc1=O. The van der Waals surface area contributed by atoms with Crippen molar-refractivity contribution < 1.29 is 14.5 Å². The maximum absolute atomic E-state index is 13.1. The first kappa shape index (κ1) is 18.8. The number of pyridine rings is 1. The van der Waals surface area contributed by atoms with Crippen LogP contribution in [0.4, 0.5) is 5.69 Å². The third-order valence-corrected chi connectivity index (χ3v) is 4.65. The minimum absolute atomic E-state index is 0.0198. The van der Waals surface area contributed by atoms with E-state index in [0.29, 0.717) is 13.1 Å². The summed E-state index contributed by atoms with van der Waals surface area (Å²) in [6.45, 7) is 0.986. The predicted octanol–water partition coefficient (Wildman–Crippen LogP) is 2.46. The van der Waals surface area contributed by atoms with Gasteiger partial charge in [0.25, 0.3) is 17.2 Å². The largest absolute Gasteiger partial charge is 0.340 e. The monoisotopic (exact) mass is 389 g/mol. The second-order valence-electron chi connectivity index (χ2n) is 6.20. The number of hydrogen-bond acceptors (Lipinski definition) is 5. The van der Waals surface area contributed by atoms with E-state index in [1.54, 1.807) is 0 Å². The molecule has 0 aliphatic carbocycles. The van der Waals surface area contributed by atoms with Crippen molar-refractivity contribution in [2.24, 2.45) is 0 Å². The number of benzene rings is 1. The molecule has 1 atom stereocenters. The summed E-state index contributed by atoms with van der Waals surface area (Å²) in [5.41, 5.74) is -0.851. The van der Waals surface area contributed by atoms with Crippen molar-refractivity contribution in [2.45, 2.75) is 18.9 Å². The van der Waals surface area contributed by atoms with E-state index in [1.165, 1.54) is 41.4 Å². The van der Waals surface area contributed by atoms with E-state index < -0.39 is 28.2 Å². The number of nitro groups is 1. The van der Waals surface area contributed by atoms with Crippen LogP contribution in [0.2, 0.25) is 5.02 Å². The van der Waals surface area contributed by atoms with Gasteiger partial charge in [-0.05, 0) is 18.9 Å². The molecule has 0 radical (unpaired) electrons. The van der Waals surface area contributed by atoms with Crippen molar-refractivity contribution in [3.05, 3.63) is 73.6 Å². The Morgan fingerprint density at radius 2 is 1.85 bits per heavy atom. The van der Waals surface area contributed by atoms with E-state index in [4.69, 9.17) is 11.6 Å². The van der Waals surface area contributed by atoms with Gasteiger partial charge in [-0.1, -0.05) is 23.7 Å². The smallest absolute Gasteiger partial charge is 0.270 e. The second kappa shape index (κ2) is 7.71. The fourth-order valence-electron chi connectivity index (χ4n) is 3.08. The summed E-state index contributed by atoms with van der Waals surface area (Å²) < 4.78 is 0.990. The standard InChI is InChI=1S/C18H16ClN3O5/c19-13-6-7-15(23)21(11-13)16(18(25)20-8-1-2-9-20)17(24)12-4-3-5-14(10-12)22(26)27/h3-7,10-11,16H,1-2,8-9H2/t16-/m0/s1. The lowest BCUT2D eigenvalue weighted by Crippen LogP contribution is -2.42. The van der Waals surface area contributed by atoms with E-state index in [0.717, 1.165) is 23.5 Å². The van der Waals surface area contributed by atoms with Gasteiger partial charge in [-0.3, -0.25) is 29.1 Å². The number of likely N-dealkylation sites (tertiary alicyclic amines) is 1. The van der Waals surface area contributed by atoms with Crippen molar-refractivity contribution in [2.75, 3.05) is 13.1 Å². The quantitative estimate of drug-likeness (QED) is 0.338. The Kier molecular flexibility index (Phi) is 5.36.